The Morgan fingerprint density at radius 1 is 1.37 bits per heavy atom. The largest absolute Gasteiger partial charge is 0.474 e. The molecular weight excluding hydrogens is 243 g/mol. The Bertz CT molecular complexity index is 403. The van der Waals surface area contributed by atoms with Gasteiger partial charge in [-0.3, -0.25) is 0 Å². The van der Waals surface area contributed by atoms with Crippen molar-refractivity contribution in [3.05, 3.63) is 23.6 Å². The smallest absolute Gasteiger partial charge is 0.218 e. The van der Waals surface area contributed by atoms with Crippen molar-refractivity contribution < 1.29 is 9.13 Å². The zero-order chi connectivity index (χ0) is 13.7. The lowest BCUT2D eigenvalue weighted by molar-refractivity contribution is 0.128. The van der Waals surface area contributed by atoms with Gasteiger partial charge in [0.15, 0.2) is 0 Å². The average Bonchev–Trinajstić information content (AvgIpc) is 2.41. The van der Waals surface area contributed by atoms with Gasteiger partial charge in [0.1, 0.15) is 11.9 Å². The van der Waals surface area contributed by atoms with Crippen LogP contribution in [0.4, 0.5) is 4.39 Å². The number of hydrogen-bond acceptors (Lipinski definition) is 3. The molecule has 2 rings (SSSR count). The van der Waals surface area contributed by atoms with E-state index in [-0.39, 0.29) is 11.9 Å². The van der Waals surface area contributed by atoms with Crippen molar-refractivity contribution in [2.45, 2.75) is 52.2 Å². The number of rotatable bonds is 5. The molecule has 0 aromatic carbocycles. The predicted molar refractivity (Wildman–Crippen MR) is 73.6 cm³/mol. The average molecular weight is 266 g/mol. The molecule has 0 atom stereocenters. The highest BCUT2D eigenvalue weighted by Gasteiger charge is 2.21. The SMILES string of the molecule is CCNCc1cc(F)cnc1OC1CCC(C)CC1. The maximum absolute atomic E-state index is 13.3. The highest BCUT2D eigenvalue weighted by molar-refractivity contribution is 5.26. The molecule has 0 bridgehead atoms. The van der Waals surface area contributed by atoms with Gasteiger partial charge in [0.25, 0.3) is 0 Å². The van der Waals surface area contributed by atoms with Crippen LogP contribution in [-0.4, -0.2) is 17.6 Å². The van der Waals surface area contributed by atoms with Crippen molar-refractivity contribution in [3.8, 4) is 5.88 Å². The number of aromatic nitrogens is 1. The summed E-state index contributed by atoms with van der Waals surface area (Å²) in [6, 6.07) is 1.51. The van der Waals surface area contributed by atoms with E-state index in [1.807, 2.05) is 6.92 Å². The molecule has 1 heterocycles. The molecule has 0 radical (unpaired) electrons. The molecule has 0 unspecified atom stereocenters. The molecule has 1 fully saturated rings. The summed E-state index contributed by atoms with van der Waals surface area (Å²) in [7, 11) is 0. The van der Waals surface area contributed by atoms with E-state index in [4.69, 9.17) is 4.74 Å². The first-order chi connectivity index (χ1) is 9.19. The first-order valence-corrected chi connectivity index (χ1v) is 7.20. The Hall–Kier alpha value is -1.16. The molecule has 0 aliphatic heterocycles. The lowest BCUT2D eigenvalue weighted by Gasteiger charge is -2.27. The van der Waals surface area contributed by atoms with Crippen LogP contribution < -0.4 is 10.1 Å². The normalized spacial score (nSPS) is 23.3. The second-order valence-corrected chi connectivity index (χ2v) is 5.40. The van der Waals surface area contributed by atoms with Gasteiger partial charge in [0.05, 0.1) is 6.20 Å². The summed E-state index contributed by atoms with van der Waals surface area (Å²) in [5, 5.41) is 3.19. The van der Waals surface area contributed by atoms with E-state index in [9.17, 15) is 4.39 Å². The fraction of sp³-hybridized carbons (Fsp3) is 0.667. The first kappa shape index (κ1) is 14.3. The molecule has 1 saturated carbocycles. The van der Waals surface area contributed by atoms with Crippen LogP contribution in [0.15, 0.2) is 12.3 Å². The van der Waals surface area contributed by atoms with Gasteiger partial charge in [-0.05, 0) is 44.2 Å². The minimum Gasteiger partial charge on any atom is -0.474 e. The van der Waals surface area contributed by atoms with Crippen LogP contribution in [0.25, 0.3) is 0 Å². The fourth-order valence-corrected chi connectivity index (χ4v) is 2.47. The number of halogens is 1. The van der Waals surface area contributed by atoms with Crippen molar-refractivity contribution in [1.29, 1.82) is 0 Å². The summed E-state index contributed by atoms with van der Waals surface area (Å²) >= 11 is 0. The third-order valence-electron chi connectivity index (χ3n) is 3.70. The predicted octanol–water partition coefficient (Wildman–Crippen LogP) is 3.29. The van der Waals surface area contributed by atoms with Gasteiger partial charge in [-0.1, -0.05) is 13.8 Å². The van der Waals surface area contributed by atoms with E-state index >= 15 is 0 Å². The van der Waals surface area contributed by atoms with Crippen molar-refractivity contribution in [2.24, 2.45) is 5.92 Å². The molecule has 106 valence electrons. The number of nitrogens with zero attached hydrogens (tertiary/aromatic N) is 1. The number of hydrogen-bond donors (Lipinski definition) is 1. The summed E-state index contributed by atoms with van der Waals surface area (Å²) in [5.41, 5.74) is 0.806. The summed E-state index contributed by atoms with van der Waals surface area (Å²) in [6.07, 6.45) is 6.01. The van der Waals surface area contributed by atoms with Gasteiger partial charge in [-0.15, -0.1) is 0 Å². The highest BCUT2D eigenvalue weighted by Crippen LogP contribution is 2.27. The second kappa shape index (κ2) is 6.85. The van der Waals surface area contributed by atoms with Gasteiger partial charge in [-0.25, -0.2) is 9.37 Å². The zero-order valence-corrected chi connectivity index (χ0v) is 11.8. The monoisotopic (exact) mass is 266 g/mol. The van der Waals surface area contributed by atoms with Gasteiger partial charge < -0.3 is 10.1 Å². The second-order valence-electron chi connectivity index (χ2n) is 5.40. The lowest BCUT2D eigenvalue weighted by Crippen LogP contribution is -2.24. The Labute approximate surface area is 114 Å². The maximum Gasteiger partial charge on any atom is 0.218 e. The molecule has 0 saturated heterocycles. The van der Waals surface area contributed by atoms with Crippen molar-refractivity contribution in [3.63, 3.8) is 0 Å². The third kappa shape index (κ3) is 4.16. The molecule has 0 spiro atoms. The molecule has 19 heavy (non-hydrogen) atoms. The van der Waals surface area contributed by atoms with Crippen molar-refractivity contribution in [1.82, 2.24) is 10.3 Å². The number of pyridine rings is 1. The quantitative estimate of drug-likeness (QED) is 0.888. The van der Waals surface area contributed by atoms with Crippen LogP contribution in [0.3, 0.4) is 0 Å². The standard InChI is InChI=1S/C15H23FN2O/c1-3-17-9-12-8-13(16)10-18-15(12)19-14-6-4-11(2)5-7-14/h8,10-11,14,17H,3-7,9H2,1-2H3. The van der Waals surface area contributed by atoms with E-state index < -0.39 is 0 Å². The van der Waals surface area contributed by atoms with Crippen molar-refractivity contribution >= 4 is 0 Å². The lowest BCUT2D eigenvalue weighted by atomic mass is 9.89. The molecule has 1 aromatic heterocycles. The van der Waals surface area contributed by atoms with E-state index in [1.54, 1.807) is 0 Å². The molecule has 1 aromatic rings. The Kier molecular flexibility index (Phi) is 5.14. The summed E-state index contributed by atoms with van der Waals surface area (Å²) in [5.74, 6) is 1.07. The Morgan fingerprint density at radius 2 is 2.11 bits per heavy atom. The van der Waals surface area contributed by atoms with Crippen LogP contribution in [0.2, 0.25) is 0 Å². The molecule has 3 nitrogen and oxygen atoms in total. The Balaban J connectivity index is 2.02. The summed E-state index contributed by atoms with van der Waals surface area (Å²) < 4.78 is 19.2. The summed E-state index contributed by atoms with van der Waals surface area (Å²) in [6.45, 7) is 5.75. The molecule has 1 N–H and O–H groups in total. The molecule has 1 aliphatic rings. The van der Waals surface area contributed by atoms with Crippen LogP contribution in [0.1, 0.15) is 45.1 Å². The van der Waals surface area contributed by atoms with Crippen LogP contribution in [-0.2, 0) is 6.54 Å². The highest BCUT2D eigenvalue weighted by atomic mass is 19.1. The third-order valence-corrected chi connectivity index (χ3v) is 3.70. The van der Waals surface area contributed by atoms with Crippen molar-refractivity contribution in [2.75, 3.05) is 6.54 Å². The van der Waals surface area contributed by atoms with Gasteiger partial charge in [0, 0.05) is 12.1 Å². The van der Waals surface area contributed by atoms with Crippen LogP contribution >= 0.6 is 0 Å². The summed E-state index contributed by atoms with van der Waals surface area (Å²) in [4.78, 5) is 4.11. The first-order valence-electron chi connectivity index (χ1n) is 7.20. The number of ether oxygens (including phenoxy) is 1. The van der Waals surface area contributed by atoms with E-state index in [0.29, 0.717) is 12.4 Å². The minimum absolute atomic E-state index is 0.231. The molecule has 4 heteroatoms. The topological polar surface area (TPSA) is 34.2 Å². The van der Waals surface area contributed by atoms with Crippen LogP contribution in [0, 0.1) is 11.7 Å². The zero-order valence-electron chi connectivity index (χ0n) is 11.8. The van der Waals surface area contributed by atoms with Crippen LogP contribution in [0.5, 0.6) is 5.88 Å². The molecule has 1 aliphatic carbocycles. The maximum atomic E-state index is 13.3. The fourth-order valence-electron chi connectivity index (χ4n) is 2.47. The Morgan fingerprint density at radius 3 is 2.79 bits per heavy atom. The molecular formula is C15H23FN2O. The van der Waals surface area contributed by atoms with E-state index in [1.165, 1.54) is 25.1 Å². The van der Waals surface area contributed by atoms with Gasteiger partial charge >= 0.3 is 0 Å². The number of nitrogens with one attached hydrogen (secondary N) is 1. The van der Waals surface area contributed by atoms with Gasteiger partial charge in [-0.2, -0.15) is 0 Å². The van der Waals surface area contributed by atoms with E-state index in [0.717, 1.165) is 30.9 Å². The minimum atomic E-state index is -0.308. The molecule has 0 amide bonds. The van der Waals surface area contributed by atoms with Gasteiger partial charge in [0.2, 0.25) is 5.88 Å². The van der Waals surface area contributed by atoms with E-state index in [2.05, 4.69) is 17.2 Å².